The average molecular weight is 381 g/mol. The molecule has 0 amide bonds. The number of rotatable bonds is 2. The number of hydrogen-bond donors (Lipinski definition) is 0. The molecule has 3 saturated carbocycles. The normalized spacial score (nSPS) is 43.0. The van der Waals surface area contributed by atoms with Gasteiger partial charge in [0, 0.05) is 18.3 Å². The minimum Gasteiger partial charge on any atom is -0.379 e. The molecule has 5 atom stereocenters. The number of allylic oxidation sites excluding steroid dienone is 1. The summed E-state index contributed by atoms with van der Waals surface area (Å²) in [4.78, 5) is 24.9. The maximum absolute atomic E-state index is 12.5. The third-order valence-corrected chi connectivity index (χ3v) is 8.48. The highest BCUT2D eigenvalue weighted by Gasteiger charge is 2.59. The van der Waals surface area contributed by atoms with Crippen molar-refractivity contribution in [3.63, 3.8) is 0 Å². The summed E-state index contributed by atoms with van der Waals surface area (Å²) < 4.78 is 28.6. The lowest BCUT2D eigenvalue weighted by atomic mass is 9.47. The molecule has 0 heterocycles. The lowest BCUT2D eigenvalue weighted by Gasteiger charge is -2.57. The van der Waals surface area contributed by atoms with Crippen LogP contribution in [0.5, 0.6) is 0 Å². The Kier molecular flexibility index (Phi) is 3.97. The van der Waals surface area contributed by atoms with Gasteiger partial charge in [-0.15, -0.1) is 0 Å². The van der Waals surface area contributed by atoms with E-state index in [1.807, 2.05) is 0 Å². The van der Waals surface area contributed by atoms with Crippen molar-refractivity contribution in [2.24, 2.45) is 28.6 Å². The summed E-state index contributed by atoms with van der Waals surface area (Å²) in [5.74, 6) is 1.66. The maximum Gasteiger partial charge on any atom is 0.306 e. The van der Waals surface area contributed by atoms with Crippen LogP contribution in [-0.4, -0.2) is 26.2 Å². The number of hydrogen-bond acceptors (Lipinski definition) is 5. The van der Waals surface area contributed by atoms with Gasteiger partial charge in [-0.2, -0.15) is 8.42 Å². The maximum atomic E-state index is 12.5. The van der Waals surface area contributed by atoms with Crippen LogP contribution in [-0.2, 0) is 23.9 Å². The van der Waals surface area contributed by atoms with Crippen LogP contribution in [0.1, 0.15) is 65.2 Å². The molecule has 144 valence electrons. The van der Waals surface area contributed by atoms with Crippen LogP contribution in [0, 0.1) is 28.6 Å². The molecule has 0 aromatic carbocycles. The number of ketones is 2. The van der Waals surface area contributed by atoms with Crippen LogP contribution in [0.15, 0.2) is 11.3 Å². The van der Waals surface area contributed by atoms with Gasteiger partial charge < -0.3 is 4.18 Å². The summed E-state index contributed by atoms with van der Waals surface area (Å²) in [6.45, 7) is 4.34. The Bertz CT molecular complexity index is 810. The van der Waals surface area contributed by atoms with Crippen molar-refractivity contribution >= 4 is 21.7 Å². The average Bonchev–Trinajstić information content (AvgIpc) is 2.85. The molecule has 4 rings (SSSR count). The molecular formula is C20H28O5S. The minimum absolute atomic E-state index is 0.0931. The van der Waals surface area contributed by atoms with Gasteiger partial charge in [0.05, 0.1) is 6.26 Å². The van der Waals surface area contributed by atoms with E-state index in [4.69, 9.17) is 4.18 Å². The van der Waals surface area contributed by atoms with Crippen LogP contribution in [0.2, 0.25) is 0 Å². The molecule has 0 spiro atoms. The highest BCUT2D eigenvalue weighted by atomic mass is 32.2. The van der Waals surface area contributed by atoms with Gasteiger partial charge in [0.2, 0.25) is 0 Å². The van der Waals surface area contributed by atoms with Crippen LogP contribution in [0.25, 0.3) is 0 Å². The quantitative estimate of drug-likeness (QED) is 0.686. The molecule has 0 radical (unpaired) electrons. The van der Waals surface area contributed by atoms with Gasteiger partial charge in [-0.3, -0.25) is 9.59 Å². The largest absolute Gasteiger partial charge is 0.379 e. The first-order valence-corrected chi connectivity index (χ1v) is 11.6. The molecule has 0 bridgehead atoms. The number of Topliss-reactive ketones (excluding diaryl/α,β-unsaturated/α-hetero) is 2. The number of carbonyl (C=O) groups excluding carboxylic acids is 2. The second-order valence-corrected chi connectivity index (χ2v) is 10.8. The number of carbonyl (C=O) groups is 2. The third-order valence-electron chi connectivity index (χ3n) is 8.01. The second kappa shape index (κ2) is 5.66. The molecule has 0 N–H and O–H groups in total. The molecule has 0 saturated heterocycles. The summed E-state index contributed by atoms with van der Waals surface area (Å²) in [6, 6.07) is 0. The van der Waals surface area contributed by atoms with Gasteiger partial charge in [0.25, 0.3) is 0 Å². The molecule has 5 nitrogen and oxygen atoms in total. The van der Waals surface area contributed by atoms with Gasteiger partial charge >= 0.3 is 10.1 Å². The standard InChI is InChI=1S/C20H28O5S/c1-19-11-9-16(21)18(25-26(3,23)24)15(19)5-4-12-13-6-7-17(22)20(13,2)10-8-14(12)19/h12-14H,4-11H2,1-3H3/t12-,13-,14-,19+,20-/m0/s1. The van der Waals surface area contributed by atoms with Crippen molar-refractivity contribution in [2.75, 3.05) is 6.26 Å². The fourth-order valence-electron chi connectivity index (χ4n) is 6.68. The smallest absolute Gasteiger partial charge is 0.306 e. The Hall–Kier alpha value is -1.17. The van der Waals surface area contributed by atoms with Crippen molar-refractivity contribution in [3.05, 3.63) is 11.3 Å². The Labute approximate surface area is 155 Å². The first-order valence-electron chi connectivity index (χ1n) is 9.76. The fraction of sp³-hybridized carbons (Fsp3) is 0.800. The molecule has 6 heteroatoms. The van der Waals surface area contributed by atoms with Crippen LogP contribution < -0.4 is 0 Å². The summed E-state index contributed by atoms with van der Waals surface area (Å²) >= 11 is 0. The van der Waals surface area contributed by atoms with Crippen LogP contribution >= 0.6 is 0 Å². The molecule has 0 aliphatic heterocycles. The van der Waals surface area contributed by atoms with Crippen LogP contribution in [0.3, 0.4) is 0 Å². The minimum atomic E-state index is -3.72. The predicted molar refractivity (Wildman–Crippen MR) is 96.6 cm³/mol. The molecule has 0 unspecified atom stereocenters. The zero-order valence-corrected chi connectivity index (χ0v) is 16.7. The van der Waals surface area contributed by atoms with Gasteiger partial charge in [-0.05, 0) is 67.3 Å². The van der Waals surface area contributed by atoms with Gasteiger partial charge in [-0.25, -0.2) is 0 Å². The van der Waals surface area contributed by atoms with E-state index in [2.05, 4.69) is 13.8 Å². The fourth-order valence-corrected chi connectivity index (χ4v) is 7.18. The van der Waals surface area contributed by atoms with Gasteiger partial charge in [-0.1, -0.05) is 13.8 Å². The van der Waals surface area contributed by atoms with E-state index in [1.165, 1.54) is 0 Å². The van der Waals surface area contributed by atoms with E-state index in [-0.39, 0.29) is 22.4 Å². The molecule has 4 aliphatic rings. The van der Waals surface area contributed by atoms with E-state index < -0.39 is 10.1 Å². The summed E-state index contributed by atoms with van der Waals surface area (Å²) in [6.07, 6.45) is 7.30. The van der Waals surface area contributed by atoms with Gasteiger partial charge in [0.1, 0.15) is 5.78 Å². The first kappa shape index (κ1) is 18.2. The highest BCUT2D eigenvalue weighted by molar-refractivity contribution is 7.86. The molecule has 4 aliphatic carbocycles. The molecule has 26 heavy (non-hydrogen) atoms. The van der Waals surface area contributed by atoms with Crippen molar-refractivity contribution in [1.29, 1.82) is 0 Å². The number of fused-ring (bicyclic) bond motifs is 5. The molecule has 0 aromatic rings. The van der Waals surface area contributed by atoms with Crippen LogP contribution in [0.4, 0.5) is 0 Å². The van der Waals surface area contributed by atoms with E-state index in [9.17, 15) is 18.0 Å². The lowest BCUT2D eigenvalue weighted by Crippen LogP contribution is -2.51. The molecular weight excluding hydrogens is 352 g/mol. The van der Waals surface area contributed by atoms with E-state index in [1.54, 1.807) is 0 Å². The zero-order chi connectivity index (χ0) is 18.9. The van der Waals surface area contributed by atoms with Crippen molar-refractivity contribution in [3.8, 4) is 0 Å². The Morgan fingerprint density at radius 2 is 1.62 bits per heavy atom. The third kappa shape index (κ3) is 2.51. The van der Waals surface area contributed by atoms with E-state index in [0.29, 0.717) is 42.8 Å². The SMILES string of the molecule is C[C@]12CCC(=O)C(OS(C)(=O)=O)=C1CC[C@@H]1[C@@H]2CC[C@]2(C)C(=O)CC[C@@H]12. The predicted octanol–water partition coefficient (Wildman–Crippen LogP) is 3.39. The van der Waals surface area contributed by atoms with Crippen molar-refractivity contribution in [1.82, 2.24) is 0 Å². The monoisotopic (exact) mass is 380 g/mol. The summed E-state index contributed by atoms with van der Waals surface area (Å²) in [5, 5.41) is 0. The highest BCUT2D eigenvalue weighted by Crippen LogP contribution is 2.65. The Balaban J connectivity index is 1.74. The first-order chi connectivity index (χ1) is 12.1. The summed E-state index contributed by atoms with van der Waals surface area (Å²) in [5.41, 5.74) is 0.549. The van der Waals surface area contributed by atoms with E-state index in [0.717, 1.165) is 43.9 Å². The lowest BCUT2D eigenvalue weighted by molar-refractivity contribution is -0.132. The summed E-state index contributed by atoms with van der Waals surface area (Å²) in [7, 11) is -3.72. The van der Waals surface area contributed by atoms with E-state index >= 15 is 0 Å². The Morgan fingerprint density at radius 1 is 0.923 bits per heavy atom. The zero-order valence-electron chi connectivity index (χ0n) is 15.8. The topological polar surface area (TPSA) is 77.5 Å². The van der Waals surface area contributed by atoms with Crippen molar-refractivity contribution < 1.29 is 22.2 Å². The molecule has 0 aromatic heterocycles. The van der Waals surface area contributed by atoms with Gasteiger partial charge in [0.15, 0.2) is 11.5 Å². The Morgan fingerprint density at radius 3 is 2.31 bits per heavy atom. The van der Waals surface area contributed by atoms with Crippen molar-refractivity contribution in [2.45, 2.75) is 65.2 Å². The molecule has 3 fully saturated rings. The second-order valence-electron chi connectivity index (χ2n) is 9.27.